The zero-order chi connectivity index (χ0) is 17.6. The van der Waals surface area contributed by atoms with Crippen molar-refractivity contribution in [3.05, 3.63) is 47.9 Å². The van der Waals surface area contributed by atoms with Crippen molar-refractivity contribution in [1.82, 2.24) is 14.9 Å². The fraction of sp³-hybridized carbons (Fsp3) is 0.500. The van der Waals surface area contributed by atoms with Gasteiger partial charge < -0.3 is 9.64 Å². The quantitative estimate of drug-likeness (QED) is 0.808. The van der Waals surface area contributed by atoms with Crippen LogP contribution in [-0.4, -0.2) is 54.2 Å². The van der Waals surface area contributed by atoms with Gasteiger partial charge in [-0.15, -0.1) is 0 Å². The molecule has 2 heterocycles. The fourth-order valence-corrected chi connectivity index (χ4v) is 3.00. The van der Waals surface area contributed by atoms with Crippen LogP contribution in [0.5, 0.6) is 5.75 Å². The Morgan fingerprint density at radius 3 is 2.44 bits per heavy atom. The highest BCUT2D eigenvalue weighted by atomic mass is 16.5. The minimum Gasteiger partial charge on any atom is -0.492 e. The van der Waals surface area contributed by atoms with Gasteiger partial charge in [0.1, 0.15) is 24.0 Å². The van der Waals surface area contributed by atoms with Crippen molar-refractivity contribution in [2.45, 2.75) is 26.7 Å². The van der Waals surface area contributed by atoms with Gasteiger partial charge in [-0.25, -0.2) is 9.97 Å². The predicted octanol–water partition coefficient (Wildman–Crippen LogP) is 3.11. The number of rotatable bonds is 6. The monoisotopic (exact) mass is 340 g/mol. The van der Waals surface area contributed by atoms with Gasteiger partial charge in [-0.2, -0.15) is 0 Å². The summed E-state index contributed by atoms with van der Waals surface area (Å²) in [5.41, 5.74) is 1.05. The number of anilines is 1. The van der Waals surface area contributed by atoms with Crippen LogP contribution >= 0.6 is 0 Å². The maximum atomic E-state index is 5.80. The van der Waals surface area contributed by atoms with Gasteiger partial charge in [0.05, 0.1) is 0 Å². The smallest absolute Gasteiger partial charge is 0.133 e. The summed E-state index contributed by atoms with van der Waals surface area (Å²) in [4.78, 5) is 14.1. The number of nitrogens with zero attached hydrogens (tertiary/aromatic N) is 4. The third-order valence-corrected chi connectivity index (χ3v) is 4.49. The largest absolute Gasteiger partial charge is 0.492 e. The highest BCUT2D eigenvalue weighted by Crippen LogP contribution is 2.18. The van der Waals surface area contributed by atoms with Gasteiger partial charge in [-0.1, -0.05) is 32.0 Å². The Labute approximate surface area is 150 Å². The fourth-order valence-electron chi connectivity index (χ4n) is 3.00. The van der Waals surface area contributed by atoms with E-state index in [1.54, 1.807) is 0 Å². The molecule has 0 amide bonds. The van der Waals surface area contributed by atoms with Crippen molar-refractivity contribution >= 4 is 5.82 Å². The molecule has 5 heteroatoms. The topological polar surface area (TPSA) is 41.5 Å². The number of piperazine rings is 1. The second kappa shape index (κ2) is 8.30. The zero-order valence-electron chi connectivity index (χ0n) is 15.5. The molecule has 0 saturated carbocycles. The second-order valence-electron chi connectivity index (χ2n) is 6.87. The molecule has 5 nitrogen and oxygen atoms in total. The van der Waals surface area contributed by atoms with Crippen LogP contribution < -0.4 is 9.64 Å². The minimum absolute atomic E-state index is 0.357. The van der Waals surface area contributed by atoms with Crippen LogP contribution in [-0.2, 0) is 0 Å². The Kier molecular flexibility index (Phi) is 5.87. The molecule has 0 aliphatic carbocycles. The molecule has 1 aliphatic rings. The first-order valence-corrected chi connectivity index (χ1v) is 9.12. The third kappa shape index (κ3) is 4.92. The third-order valence-electron chi connectivity index (χ3n) is 4.49. The molecule has 1 aliphatic heterocycles. The van der Waals surface area contributed by atoms with E-state index in [0.717, 1.165) is 62.4 Å². The summed E-state index contributed by atoms with van der Waals surface area (Å²) in [5.74, 6) is 3.30. The number of aromatic nitrogens is 2. The van der Waals surface area contributed by atoms with Gasteiger partial charge >= 0.3 is 0 Å². The second-order valence-corrected chi connectivity index (χ2v) is 6.87. The lowest BCUT2D eigenvalue weighted by Gasteiger charge is -2.35. The van der Waals surface area contributed by atoms with Crippen LogP contribution in [0.15, 0.2) is 36.4 Å². The predicted molar refractivity (Wildman–Crippen MR) is 101 cm³/mol. The number of ether oxygens (including phenoxy) is 1. The first-order valence-electron chi connectivity index (χ1n) is 9.12. The molecule has 3 rings (SSSR count). The first kappa shape index (κ1) is 17.7. The van der Waals surface area contributed by atoms with Gasteiger partial charge in [0, 0.05) is 50.4 Å². The van der Waals surface area contributed by atoms with E-state index in [0.29, 0.717) is 5.92 Å². The maximum Gasteiger partial charge on any atom is 0.133 e. The van der Waals surface area contributed by atoms with Gasteiger partial charge in [0.2, 0.25) is 0 Å². The molecule has 25 heavy (non-hydrogen) atoms. The van der Waals surface area contributed by atoms with Crippen molar-refractivity contribution < 1.29 is 4.74 Å². The molecule has 1 aromatic heterocycles. The molecule has 0 N–H and O–H groups in total. The number of benzene rings is 1. The van der Waals surface area contributed by atoms with Crippen LogP contribution in [0.1, 0.15) is 31.3 Å². The van der Waals surface area contributed by atoms with E-state index in [2.05, 4.69) is 34.7 Å². The standard InChI is InChI=1S/C20H28N4O/c1-16(2)20-21-17(3)15-19(22-20)24-11-9-23(10-12-24)13-14-25-18-7-5-4-6-8-18/h4-8,15-16H,9-14H2,1-3H3. The summed E-state index contributed by atoms with van der Waals surface area (Å²) in [5, 5.41) is 0. The molecule has 1 saturated heterocycles. The van der Waals surface area contributed by atoms with Gasteiger partial charge in [-0.3, -0.25) is 4.90 Å². The van der Waals surface area contributed by atoms with E-state index in [-0.39, 0.29) is 0 Å². The van der Waals surface area contributed by atoms with Crippen LogP contribution in [0.2, 0.25) is 0 Å². The van der Waals surface area contributed by atoms with Crippen LogP contribution in [0.4, 0.5) is 5.82 Å². The van der Waals surface area contributed by atoms with Crippen LogP contribution in [0.25, 0.3) is 0 Å². The van der Waals surface area contributed by atoms with Crippen molar-refractivity contribution in [1.29, 1.82) is 0 Å². The average molecular weight is 340 g/mol. The van der Waals surface area contributed by atoms with Gasteiger partial charge in [0.15, 0.2) is 0 Å². The van der Waals surface area contributed by atoms with Gasteiger partial charge in [0.25, 0.3) is 0 Å². The molecule has 0 bridgehead atoms. The zero-order valence-corrected chi connectivity index (χ0v) is 15.5. The summed E-state index contributed by atoms with van der Waals surface area (Å²) >= 11 is 0. The molecular weight excluding hydrogens is 312 g/mol. The molecular formula is C20H28N4O. The lowest BCUT2D eigenvalue weighted by Crippen LogP contribution is -2.47. The number of para-hydroxylation sites is 1. The van der Waals surface area contributed by atoms with Crippen molar-refractivity contribution in [3.8, 4) is 5.75 Å². The highest BCUT2D eigenvalue weighted by molar-refractivity contribution is 5.40. The number of aryl methyl sites for hydroxylation is 1. The lowest BCUT2D eigenvalue weighted by atomic mass is 10.2. The Balaban J connectivity index is 1.48. The normalized spacial score (nSPS) is 15.6. The number of hydrogen-bond acceptors (Lipinski definition) is 5. The van der Waals surface area contributed by atoms with Crippen LogP contribution in [0.3, 0.4) is 0 Å². The number of hydrogen-bond donors (Lipinski definition) is 0. The van der Waals surface area contributed by atoms with E-state index in [1.807, 2.05) is 37.3 Å². The van der Waals surface area contributed by atoms with Crippen LogP contribution in [0, 0.1) is 6.92 Å². The average Bonchev–Trinajstić information content (AvgIpc) is 2.62. The molecule has 0 spiro atoms. The first-order chi connectivity index (χ1) is 12.1. The summed E-state index contributed by atoms with van der Waals surface area (Å²) in [6.07, 6.45) is 0. The molecule has 2 aromatic rings. The Morgan fingerprint density at radius 2 is 1.76 bits per heavy atom. The summed E-state index contributed by atoms with van der Waals surface area (Å²) in [6.45, 7) is 12.1. The Bertz CT molecular complexity index is 667. The lowest BCUT2D eigenvalue weighted by molar-refractivity contribution is 0.200. The van der Waals surface area contributed by atoms with Crippen molar-refractivity contribution in [2.24, 2.45) is 0 Å². The summed E-state index contributed by atoms with van der Waals surface area (Å²) in [6, 6.07) is 12.1. The van der Waals surface area contributed by atoms with E-state index in [9.17, 15) is 0 Å². The van der Waals surface area contributed by atoms with Crippen molar-refractivity contribution in [2.75, 3.05) is 44.2 Å². The Hall–Kier alpha value is -2.14. The van der Waals surface area contributed by atoms with E-state index < -0.39 is 0 Å². The van der Waals surface area contributed by atoms with E-state index >= 15 is 0 Å². The molecule has 0 atom stereocenters. The molecule has 134 valence electrons. The van der Waals surface area contributed by atoms with E-state index in [4.69, 9.17) is 9.72 Å². The molecule has 1 aromatic carbocycles. The maximum absolute atomic E-state index is 5.80. The van der Waals surface area contributed by atoms with E-state index in [1.165, 1.54) is 0 Å². The SMILES string of the molecule is Cc1cc(N2CCN(CCOc3ccccc3)CC2)nc(C(C)C)n1. The molecule has 0 unspecified atom stereocenters. The summed E-state index contributed by atoms with van der Waals surface area (Å²) < 4.78 is 5.80. The Morgan fingerprint density at radius 1 is 1.04 bits per heavy atom. The van der Waals surface area contributed by atoms with Gasteiger partial charge in [-0.05, 0) is 19.1 Å². The van der Waals surface area contributed by atoms with Crippen molar-refractivity contribution in [3.63, 3.8) is 0 Å². The molecule has 0 radical (unpaired) electrons. The molecule has 1 fully saturated rings. The summed E-state index contributed by atoms with van der Waals surface area (Å²) in [7, 11) is 0. The minimum atomic E-state index is 0.357. The highest BCUT2D eigenvalue weighted by Gasteiger charge is 2.19.